The van der Waals surface area contributed by atoms with Gasteiger partial charge < -0.3 is 9.47 Å². The molecular weight excluding hydrogens is 382 g/mol. The van der Waals surface area contributed by atoms with Crippen molar-refractivity contribution in [1.82, 2.24) is 4.90 Å². The second-order valence-corrected chi connectivity index (χ2v) is 8.28. The Bertz CT molecular complexity index is 1140. The Morgan fingerprint density at radius 1 is 0.903 bits per heavy atom. The normalized spacial score (nSPS) is 17.7. The van der Waals surface area contributed by atoms with Crippen molar-refractivity contribution in [2.45, 2.75) is 12.8 Å². The molecule has 0 N–H and O–H groups in total. The summed E-state index contributed by atoms with van der Waals surface area (Å²) in [5.74, 6) is 0.920. The van der Waals surface area contributed by atoms with Crippen LogP contribution < -0.4 is 4.74 Å². The average molecular weight is 412 g/mol. The van der Waals surface area contributed by atoms with Crippen LogP contribution in [0.15, 0.2) is 66.7 Å². The van der Waals surface area contributed by atoms with Crippen LogP contribution in [0, 0.1) is 0 Å². The monoisotopic (exact) mass is 411 g/mol. The quantitative estimate of drug-likeness (QED) is 0.504. The van der Waals surface area contributed by atoms with E-state index in [-0.39, 0.29) is 0 Å². The summed E-state index contributed by atoms with van der Waals surface area (Å²) in [4.78, 5) is 2.52. The molecule has 3 aromatic carbocycles. The number of morpholine rings is 1. The summed E-state index contributed by atoms with van der Waals surface area (Å²) in [6, 6.07) is 21.5. The number of nitrogens with zero attached hydrogens (tertiary/aromatic N) is 1. The average Bonchev–Trinajstić information content (AvgIpc) is 3.17. The summed E-state index contributed by atoms with van der Waals surface area (Å²) in [5, 5.41) is 2.38. The van der Waals surface area contributed by atoms with E-state index in [1.807, 2.05) is 0 Å². The van der Waals surface area contributed by atoms with Gasteiger partial charge in [0.2, 0.25) is 0 Å². The lowest BCUT2D eigenvalue weighted by Gasteiger charge is -2.26. The van der Waals surface area contributed by atoms with E-state index >= 15 is 0 Å². The highest BCUT2D eigenvalue weighted by Gasteiger charge is 2.19. The lowest BCUT2D eigenvalue weighted by molar-refractivity contribution is 0.0376. The van der Waals surface area contributed by atoms with E-state index in [0.717, 1.165) is 50.4 Å². The molecule has 3 nitrogen and oxygen atoms in total. The van der Waals surface area contributed by atoms with Crippen LogP contribution in [-0.2, 0) is 4.74 Å². The second kappa shape index (κ2) is 9.09. The van der Waals surface area contributed by atoms with Crippen LogP contribution in [0.1, 0.15) is 29.5 Å². The number of hydrogen-bond acceptors (Lipinski definition) is 3. The highest BCUT2D eigenvalue weighted by atomic mass is 16.5. The maximum Gasteiger partial charge on any atom is 0.126 e. The van der Waals surface area contributed by atoms with Crippen molar-refractivity contribution in [3.63, 3.8) is 0 Å². The van der Waals surface area contributed by atoms with E-state index in [4.69, 9.17) is 9.47 Å². The molecule has 0 amide bonds. The molecule has 3 aromatic rings. The molecule has 3 heteroatoms. The largest absolute Gasteiger partial charge is 0.496 e. The van der Waals surface area contributed by atoms with Gasteiger partial charge in [-0.1, -0.05) is 60.7 Å². The van der Waals surface area contributed by atoms with Gasteiger partial charge in [0.1, 0.15) is 5.75 Å². The molecular formula is C28H29NO2. The first-order chi connectivity index (χ1) is 15.3. The third-order valence-corrected chi connectivity index (χ3v) is 6.39. The van der Waals surface area contributed by atoms with Gasteiger partial charge in [0.25, 0.3) is 0 Å². The molecule has 0 atom stereocenters. The van der Waals surface area contributed by atoms with Gasteiger partial charge in [-0.05, 0) is 64.8 Å². The Hall–Kier alpha value is -2.88. The van der Waals surface area contributed by atoms with E-state index in [9.17, 15) is 0 Å². The second-order valence-electron chi connectivity index (χ2n) is 8.28. The Kier molecular flexibility index (Phi) is 5.88. The first-order valence-electron chi connectivity index (χ1n) is 11.2. The molecule has 2 aliphatic rings. The zero-order valence-corrected chi connectivity index (χ0v) is 18.1. The van der Waals surface area contributed by atoms with Gasteiger partial charge in [-0.3, -0.25) is 4.90 Å². The number of benzene rings is 3. The fraction of sp³-hybridized carbons (Fsp3) is 0.286. The highest BCUT2D eigenvalue weighted by Crippen LogP contribution is 2.39. The van der Waals surface area contributed by atoms with Crippen LogP contribution in [-0.4, -0.2) is 44.9 Å². The van der Waals surface area contributed by atoms with Crippen LogP contribution >= 0.6 is 0 Å². The third-order valence-electron chi connectivity index (χ3n) is 6.39. The zero-order valence-electron chi connectivity index (χ0n) is 18.1. The molecule has 5 rings (SSSR count). The van der Waals surface area contributed by atoms with Crippen molar-refractivity contribution in [2.24, 2.45) is 0 Å². The Morgan fingerprint density at radius 2 is 1.65 bits per heavy atom. The standard InChI is InChI=1S/C28H29NO2/c1-30-28-13-12-22(25-9-4-5-11-27(25)28)20-23-19-21(24-8-2-3-10-26(23)24)7-6-14-29-15-17-31-18-16-29/h2-5,8-13,19-20H,6-7,14-18H2,1H3. The predicted octanol–water partition coefficient (Wildman–Crippen LogP) is 5.90. The summed E-state index contributed by atoms with van der Waals surface area (Å²) < 4.78 is 11.0. The number of allylic oxidation sites excluding steroid dienone is 3. The molecule has 0 saturated carbocycles. The van der Waals surface area contributed by atoms with Crippen LogP contribution in [0.25, 0.3) is 28.0 Å². The summed E-state index contributed by atoms with van der Waals surface area (Å²) >= 11 is 0. The molecule has 0 aromatic heterocycles. The summed E-state index contributed by atoms with van der Waals surface area (Å²) in [5.41, 5.74) is 6.70. The number of ether oxygens (including phenoxy) is 2. The van der Waals surface area contributed by atoms with Gasteiger partial charge in [-0.15, -0.1) is 0 Å². The van der Waals surface area contributed by atoms with Gasteiger partial charge in [0.05, 0.1) is 20.3 Å². The first kappa shape index (κ1) is 20.0. The van der Waals surface area contributed by atoms with E-state index in [1.54, 1.807) is 7.11 Å². The van der Waals surface area contributed by atoms with Crippen LogP contribution in [0.3, 0.4) is 0 Å². The fourth-order valence-electron chi connectivity index (χ4n) is 4.77. The number of rotatable bonds is 6. The molecule has 158 valence electrons. The Morgan fingerprint density at radius 3 is 2.45 bits per heavy atom. The van der Waals surface area contributed by atoms with Crippen LogP contribution in [0.5, 0.6) is 5.75 Å². The Balaban J connectivity index is 1.44. The summed E-state index contributed by atoms with van der Waals surface area (Å²) in [6.45, 7) is 5.00. The topological polar surface area (TPSA) is 21.7 Å². The number of fused-ring (bicyclic) bond motifs is 2. The van der Waals surface area contributed by atoms with Gasteiger partial charge >= 0.3 is 0 Å². The molecule has 0 unspecified atom stereocenters. The molecule has 0 spiro atoms. The van der Waals surface area contributed by atoms with Crippen LogP contribution in [0.4, 0.5) is 0 Å². The van der Waals surface area contributed by atoms with Gasteiger partial charge in [0, 0.05) is 18.5 Å². The SMILES string of the molecule is COc1ccc(C=C2C=C(CCCN3CCOCC3)c3ccccc32)c2ccccc12. The number of methoxy groups -OCH3 is 1. The maximum atomic E-state index is 5.58. The summed E-state index contributed by atoms with van der Waals surface area (Å²) in [7, 11) is 1.74. The molecule has 1 fully saturated rings. The van der Waals surface area contributed by atoms with E-state index < -0.39 is 0 Å². The van der Waals surface area contributed by atoms with Crippen LogP contribution in [0.2, 0.25) is 0 Å². The molecule has 1 aliphatic heterocycles. The van der Waals surface area contributed by atoms with Gasteiger partial charge in [-0.2, -0.15) is 0 Å². The minimum Gasteiger partial charge on any atom is -0.496 e. The number of hydrogen-bond donors (Lipinski definition) is 0. The minimum absolute atomic E-state index is 0.869. The molecule has 31 heavy (non-hydrogen) atoms. The first-order valence-corrected chi connectivity index (χ1v) is 11.2. The Labute approximate surface area is 184 Å². The molecule has 0 bridgehead atoms. The fourth-order valence-corrected chi connectivity index (χ4v) is 4.77. The van der Waals surface area contributed by atoms with Crippen molar-refractivity contribution in [1.29, 1.82) is 0 Å². The summed E-state index contributed by atoms with van der Waals surface area (Å²) in [6.07, 6.45) is 7.01. The smallest absolute Gasteiger partial charge is 0.126 e. The van der Waals surface area contributed by atoms with E-state index in [0.29, 0.717) is 0 Å². The van der Waals surface area contributed by atoms with Gasteiger partial charge in [0.15, 0.2) is 0 Å². The third kappa shape index (κ3) is 4.16. The highest BCUT2D eigenvalue weighted by molar-refractivity contribution is 6.05. The zero-order chi connectivity index (χ0) is 21.0. The molecule has 1 saturated heterocycles. The van der Waals surface area contributed by atoms with Gasteiger partial charge in [-0.25, -0.2) is 0 Å². The maximum absolute atomic E-state index is 5.58. The van der Waals surface area contributed by atoms with E-state index in [2.05, 4.69) is 77.7 Å². The van der Waals surface area contributed by atoms with E-state index in [1.165, 1.54) is 39.6 Å². The molecule has 1 aliphatic carbocycles. The lowest BCUT2D eigenvalue weighted by Crippen LogP contribution is -2.36. The van der Waals surface area contributed by atoms with Crippen molar-refractivity contribution in [3.05, 3.63) is 83.4 Å². The molecule has 0 radical (unpaired) electrons. The van der Waals surface area contributed by atoms with Crippen molar-refractivity contribution >= 4 is 28.0 Å². The lowest BCUT2D eigenvalue weighted by atomic mass is 9.98. The van der Waals surface area contributed by atoms with Crippen molar-refractivity contribution < 1.29 is 9.47 Å². The molecule has 1 heterocycles. The predicted molar refractivity (Wildman–Crippen MR) is 129 cm³/mol. The minimum atomic E-state index is 0.869. The van der Waals surface area contributed by atoms with Crippen molar-refractivity contribution in [3.8, 4) is 5.75 Å². The van der Waals surface area contributed by atoms with Crippen molar-refractivity contribution in [2.75, 3.05) is 40.0 Å².